The highest BCUT2D eigenvalue weighted by molar-refractivity contribution is 5.81. The predicted molar refractivity (Wildman–Crippen MR) is 64.3 cm³/mol. The maximum atomic E-state index is 11.9. The van der Waals surface area contributed by atoms with Crippen molar-refractivity contribution in [2.75, 3.05) is 40.0 Å². The van der Waals surface area contributed by atoms with Crippen LogP contribution in [0.25, 0.3) is 0 Å². The molecule has 1 N–H and O–H groups in total. The fourth-order valence-electron chi connectivity index (χ4n) is 1.95. The Balaban J connectivity index is 2.34. The van der Waals surface area contributed by atoms with E-state index < -0.39 is 5.97 Å². The van der Waals surface area contributed by atoms with Crippen molar-refractivity contribution in [3.63, 3.8) is 0 Å². The first kappa shape index (κ1) is 14.9. The summed E-state index contributed by atoms with van der Waals surface area (Å²) in [4.78, 5) is 23.9. The number of hydrogen-bond donors (Lipinski definition) is 1. The van der Waals surface area contributed by atoms with E-state index in [0.29, 0.717) is 32.1 Å². The molecular formula is C12H21NO5. The average Bonchev–Trinajstić information content (AvgIpc) is 2.84. The summed E-state index contributed by atoms with van der Waals surface area (Å²) in [5, 5.41) is 8.76. The van der Waals surface area contributed by atoms with Crippen LogP contribution in [0.15, 0.2) is 0 Å². The van der Waals surface area contributed by atoms with Crippen LogP contribution in [0.3, 0.4) is 0 Å². The first-order chi connectivity index (χ1) is 8.63. The molecule has 1 saturated heterocycles. The molecule has 1 aliphatic rings. The van der Waals surface area contributed by atoms with Crippen molar-refractivity contribution in [2.24, 2.45) is 5.92 Å². The SMILES string of the molecule is COCCN(CC(=O)O)C(=O)CCC1CCOC1. The number of carbonyl (C=O) groups is 2. The Kier molecular flexibility index (Phi) is 6.67. The monoisotopic (exact) mass is 259 g/mol. The second-order valence-electron chi connectivity index (χ2n) is 4.47. The lowest BCUT2D eigenvalue weighted by molar-refractivity contribution is -0.145. The Morgan fingerprint density at radius 2 is 2.28 bits per heavy atom. The number of carboxylic acid groups (broad SMARTS) is 1. The van der Waals surface area contributed by atoms with Crippen molar-refractivity contribution in [2.45, 2.75) is 19.3 Å². The molecular weight excluding hydrogens is 238 g/mol. The second kappa shape index (κ2) is 8.05. The van der Waals surface area contributed by atoms with Crippen LogP contribution in [0.5, 0.6) is 0 Å². The maximum absolute atomic E-state index is 11.9. The third-order valence-electron chi connectivity index (χ3n) is 3.03. The highest BCUT2D eigenvalue weighted by atomic mass is 16.5. The highest BCUT2D eigenvalue weighted by Crippen LogP contribution is 2.18. The predicted octanol–water partition coefficient (Wildman–Crippen LogP) is 0.363. The number of ether oxygens (including phenoxy) is 2. The first-order valence-electron chi connectivity index (χ1n) is 6.19. The summed E-state index contributed by atoms with van der Waals surface area (Å²) in [6, 6.07) is 0. The third-order valence-corrected chi connectivity index (χ3v) is 3.03. The number of carbonyl (C=O) groups excluding carboxylic acids is 1. The molecule has 0 spiro atoms. The molecule has 0 saturated carbocycles. The van der Waals surface area contributed by atoms with Gasteiger partial charge in [-0.05, 0) is 18.8 Å². The van der Waals surface area contributed by atoms with E-state index in [9.17, 15) is 9.59 Å². The van der Waals surface area contributed by atoms with E-state index in [4.69, 9.17) is 14.6 Å². The van der Waals surface area contributed by atoms with E-state index in [1.165, 1.54) is 12.0 Å². The summed E-state index contributed by atoms with van der Waals surface area (Å²) in [5.41, 5.74) is 0. The van der Waals surface area contributed by atoms with E-state index in [1.54, 1.807) is 0 Å². The van der Waals surface area contributed by atoms with Crippen molar-refractivity contribution < 1.29 is 24.2 Å². The van der Waals surface area contributed by atoms with Crippen molar-refractivity contribution in [1.29, 1.82) is 0 Å². The standard InChI is InChI=1S/C12H21NO5/c1-17-7-5-13(8-12(15)16)11(14)3-2-10-4-6-18-9-10/h10H,2-9H2,1H3,(H,15,16). The van der Waals surface area contributed by atoms with E-state index >= 15 is 0 Å². The average molecular weight is 259 g/mol. The maximum Gasteiger partial charge on any atom is 0.323 e. The van der Waals surface area contributed by atoms with Crippen LogP contribution in [-0.4, -0.2) is 61.9 Å². The van der Waals surface area contributed by atoms with Crippen LogP contribution in [0, 0.1) is 5.92 Å². The molecule has 1 rings (SSSR count). The van der Waals surface area contributed by atoms with Gasteiger partial charge in [0.25, 0.3) is 0 Å². The normalized spacial score (nSPS) is 18.8. The molecule has 0 radical (unpaired) electrons. The molecule has 1 fully saturated rings. The molecule has 104 valence electrons. The Labute approximate surface area is 107 Å². The number of methoxy groups -OCH3 is 1. The summed E-state index contributed by atoms with van der Waals surface area (Å²) in [5.74, 6) is -0.687. The summed E-state index contributed by atoms with van der Waals surface area (Å²) in [7, 11) is 1.53. The second-order valence-corrected chi connectivity index (χ2v) is 4.47. The van der Waals surface area contributed by atoms with Crippen LogP contribution in [0.4, 0.5) is 0 Å². The number of hydrogen-bond acceptors (Lipinski definition) is 4. The zero-order valence-electron chi connectivity index (χ0n) is 10.8. The molecule has 0 aliphatic carbocycles. The van der Waals surface area contributed by atoms with Gasteiger partial charge < -0.3 is 19.5 Å². The van der Waals surface area contributed by atoms with E-state index in [2.05, 4.69) is 0 Å². The van der Waals surface area contributed by atoms with Crippen LogP contribution in [0.1, 0.15) is 19.3 Å². The zero-order chi connectivity index (χ0) is 13.4. The van der Waals surface area contributed by atoms with Gasteiger partial charge in [-0.2, -0.15) is 0 Å². The Bertz CT molecular complexity index is 276. The summed E-state index contributed by atoms with van der Waals surface area (Å²) in [6.07, 6.45) is 2.14. The summed E-state index contributed by atoms with van der Waals surface area (Å²) in [6.45, 7) is 1.89. The van der Waals surface area contributed by atoms with Gasteiger partial charge in [0.05, 0.1) is 6.61 Å². The minimum Gasteiger partial charge on any atom is -0.480 e. The molecule has 6 heteroatoms. The van der Waals surface area contributed by atoms with Gasteiger partial charge in [0.15, 0.2) is 0 Å². The van der Waals surface area contributed by atoms with E-state index in [-0.39, 0.29) is 12.5 Å². The molecule has 18 heavy (non-hydrogen) atoms. The summed E-state index contributed by atoms with van der Waals surface area (Å²) >= 11 is 0. The molecule has 1 amide bonds. The molecule has 0 aromatic heterocycles. The molecule has 0 aromatic rings. The largest absolute Gasteiger partial charge is 0.480 e. The fourth-order valence-corrected chi connectivity index (χ4v) is 1.95. The zero-order valence-corrected chi connectivity index (χ0v) is 10.8. The van der Waals surface area contributed by atoms with Crippen LogP contribution in [-0.2, 0) is 19.1 Å². The van der Waals surface area contributed by atoms with Crippen LogP contribution >= 0.6 is 0 Å². The van der Waals surface area contributed by atoms with Crippen molar-refractivity contribution >= 4 is 11.9 Å². The molecule has 0 bridgehead atoms. The van der Waals surface area contributed by atoms with Crippen LogP contribution < -0.4 is 0 Å². The van der Waals surface area contributed by atoms with Gasteiger partial charge in [0.1, 0.15) is 6.54 Å². The van der Waals surface area contributed by atoms with Crippen molar-refractivity contribution in [3.05, 3.63) is 0 Å². The highest BCUT2D eigenvalue weighted by Gasteiger charge is 2.20. The number of nitrogens with zero attached hydrogens (tertiary/aromatic N) is 1. The molecule has 6 nitrogen and oxygen atoms in total. The molecule has 0 aromatic carbocycles. The fraction of sp³-hybridized carbons (Fsp3) is 0.833. The summed E-state index contributed by atoms with van der Waals surface area (Å²) < 4.78 is 10.1. The van der Waals surface area contributed by atoms with E-state index in [0.717, 1.165) is 19.4 Å². The lowest BCUT2D eigenvalue weighted by atomic mass is 10.0. The topological polar surface area (TPSA) is 76.1 Å². The quantitative estimate of drug-likeness (QED) is 0.681. The van der Waals surface area contributed by atoms with Gasteiger partial charge in [0.2, 0.25) is 5.91 Å². The number of aliphatic carboxylic acids is 1. The number of amides is 1. The van der Waals surface area contributed by atoms with Gasteiger partial charge in [-0.15, -0.1) is 0 Å². The lowest BCUT2D eigenvalue weighted by Crippen LogP contribution is -2.38. The Morgan fingerprint density at radius 1 is 1.50 bits per heavy atom. The lowest BCUT2D eigenvalue weighted by Gasteiger charge is -2.20. The molecule has 1 unspecified atom stereocenters. The Hall–Kier alpha value is -1.14. The minimum atomic E-state index is -0.997. The smallest absolute Gasteiger partial charge is 0.323 e. The number of rotatable bonds is 8. The molecule has 1 heterocycles. The van der Waals surface area contributed by atoms with Gasteiger partial charge in [-0.3, -0.25) is 9.59 Å². The van der Waals surface area contributed by atoms with Gasteiger partial charge >= 0.3 is 5.97 Å². The van der Waals surface area contributed by atoms with Crippen molar-refractivity contribution in [3.8, 4) is 0 Å². The minimum absolute atomic E-state index is 0.124. The van der Waals surface area contributed by atoms with Crippen molar-refractivity contribution in [1.82, 2.24) is 4.90 Å². The third kappa shape index (κ3) is 5.46. The van der Waals surface area contributed by atoms with Crippen LogP contribution in [0.2, 0.25) is 0 Å². The van der Waals surface area contributed by atoms with Gasteiger partial charge in [-0.25, -0.2) is 0 Å². The Morgan fingerprint density at radius 3 is 2.83 bits per heavy atom. The first-order valence-corrected chi connectivity index (χ1v) is 6.19. The van der Waals surface area contributed by atoms with E-state index in [1.807, 2.05) is 0 Å². The van der Waals surface area contributed by atoms with Gasteiger partial charge in [-0.1, -0.05) is 0 Å². The number of carboxylic acids is 1. The molecule has 1 aliphatic heterocycles. The van der Waals surface area contributed by atoms with Gasteiger partial charge in [0, 0.05) is 33.3 Å². The molecule has 1 atom stereocenters.